The highest BCUT2D eigenvalue weighted by Gasteiger charge is 2.42. The monoisotopic (exact) mass is 451 g/mol. The predicted molar refractivity (Wildman–Crippen MR) is 114 cm³/mol. The molecule has 1 N–H and O–H groups in total. The molecule has 0 radical (unpaired) electrons. The molecule has 0 amide bonds. The summed E-state index contributed by atoms with van der Waals surface area (Å²) in [6.07, 6.45) is -1.96. The lowest BCUT2D eigenvalue weighted by atomic mass is 10.0. The van der Waals surface area contributed by atoms with Gasteiger partial charge in [0.05, 0.1) is 13.0 Å². The van der Waals surface area contributed by atoms with Gasteiger partial charge in [-0.2, -0.15) is 13.2 Å². The Hall–Kier alpha value is -2.87. The van der Waals surface area contributed by atoms with Gasteiger partial charge in [0, 0.05) is 6.54 Å². The molecule has 0 fully saturated rings. The van der Waals surface area contributed by atoms with Gasteiger partial charge in [0.2, 0.25) is 0 Å². The maximum absolute atomic E-state index is 12.0. The summed E-state index contributed by atoms with van der Waals surface area (Å²) in [7, 11) is 0. The molecule has 8 heteroatoms. The molecule has 2 aromatic rings. The molecule has 2 aromatic carbocycles. The van der Waals surface area contributed by atoms with Crippen molar-refractivity contribution < 1.29 is 32.2 Å². The molecule has 5 nitrogen and oxygen atoms in total. The van der Waals surface area contributed by atoms with Crippen molar-refractivity contribution in [1.82, 2.24) is 5.32 Å². The van der Waals surface area contributed by atoms with Gasteiger partial charge in [-0.25, -0.2) is 4.79 Å². The van der Waals surface area contributed by atoms with E-state index in [0.29, 0.717) is 13.2 Å². The van der Waals surface area contributed by atoms with Crippen LogP contribution >= 0.6 is 0 Å². The lowest BCUT2D eigenvalue weighted by molar-refractivity contribution is -0.201. The number of alkyl halides is 3. The molecule has 2 rings (SSSR count). The third-order valence-corrected chi connectivity index (χ3v) is 4.81. The Morgan fingerprint density at radius 3 is 2.34 bits per heavy atom. The highest BCUT2D eigenvalue weighted by atomic mass is 19.4. The molecule has 174 valence electrons. The molecule has 0 aliphatic carbocycles. The van der Waals surface area contributed by atoms with Gasteiger partial charge < -0.3 is 14.8 Å². The van der Waals surface area contributed by atoms with E-state index in [1.807, 2.05) is 36.4 Å². The number of halogens is 3. The summed E-state index contributed by atoms with van der Waals surface area (Å²) in [5, 5.41) is 2.94. The zero-order valence-corrected chi connectivity index (χ0v) is 18.0. The number of nitrogens with one attached hydrogen (secondary N) is 1. The van der Waals surface area contributed by atoms with E-state index in [1.54, 1.807) is 0 Å². The average molecular weight is 451 g/mol. The van der Waals surface area contributed by atoms with E-state index in [1.165, 1.54) is 11.1 Å². The maximum atomic E-state index is 12.0. The van der Waals surface area contributed by atoms with Crippen LogP contribution in [0.3, 0.4) is 0 Å². The third-order valence-electron chi connectivity index (χ3n) is 4.81. The molecular formula is C24H28F3NO4. The first-order valence-corrected chi connectivity index (χ1v) is 10.5. The second-order valence-corrected chi connectivity index (χ2v) is 7.39. The SMILES string of the molecule is Cc1ccccc1CCCOc1ccc(CCCNCCC(=O)OC(=O)C(F)(F)F)cc1. The minimum Gasteiger partial charge on any atom is -0.494 e. The summed E-state index contributed by atoms with van der Waals surface area (Å²) in [6.45, 7) is 3.48. The van der Waals surface area contributed by atoms with Crippen LogP contribution < -0.4 is 10.1 Å². The Morgan fingerprint density at radius 1 is 0.938 bits per heavy atom. The van der Waals surface area contributed by atoms with E-state index in [0.717, 1.165) is 37.0 Å². The highest BCUT2D eigenvalue weighted by Crippen LogP contribution is 2.17. The van der Waals surface area contributed by atoms with Crippen LogP contribution in [0.4, 0.5) is 13.2 Å². The van der Waals surface area contributed by atoms with Crippen LogP contribution in [0.2, 0.25) is 0 Å². The molecule has 0 saturated carbocycles. The summed E-state index contributed by atoms with van der Waals surface area (Å²) in [6, 6.07) is 16.2. The summed E-state index contributed by atoms with van der Waals surface area (Å²) in [4.78, 5) is 21.7. The van der Waals surface area contributed by atoms with E-state index in [4.69, 9.17) is 4.74 Å². The third kappa shape index (κ3) is 9.51. The molecule has 0 heterocycles. The number of carbonyl (C=O) groups excluding carboxylic acids is 2. The molecule has 0 aliphatic heterocycles. The standard InChI is InChI=1S/C24H28F3NO4/c1-18-6-2-3-8-20(18)9-5-17-31-21-12-10-19(11-13-21)7-4-15-28-16-14-22(29)32-23(30)24(25,26)27/h2-3,6,8,10-13,28H,4-5,7,9,14-17H2,1H3. The number of hydrogen-bond donors (Lipinski definition) is 1. The van der Waals surface area contributed by atoms with Crippen molar-refractivity contribution in [2.75, 3.05) is 19.7 Å². The quantitative estimate of drug-likeness (QED) is 0.291. The zero-order chi connectivity index (χ0) is 23.4. The van der Waals surface area contributed by atoms with Crippen molar-refractivity contribution in [3.8, 4) is 5.75 Å². The van der Waals surface area contributed by atoms with Crippen LogP contribution in [-0.2, 0) is 27.2 Å². The van der Waals surface area contributed by atoms with Gasteiger partial charge >= 0.3 is 18.1 Å². The van der Waals surface area contributed by atoms with E-state index < -0.39 is 18.1 Å². The summed E-state index contributed by atoms with van der Waals surface area (Å²) >= 11 is 0. The van der Waals surface area contributed by atoms with Gasteiger partial charge in [0.1, 0.15) is 5.75 Å². The molecule has 0 saturated heterocycles. The summed E-state index contributed by atoms with van der Waals surface area (Å²) in [5.41, 5.74) is 3.77. The number of rotatable bonds is 12. The lowest BCUT2D eigenvalue weighted by Gasteiger charge is -2.09. The number of hydrogen-bond acceptors (Lipinski definition) is 5. The fourth-order valence-electron chi connectivity index (χ4n) is 3.04. The number of benzene rings is 2. The van der Waals surface area contributed by atoms with Crippen molar-refractivity contribution in [2.45, 2.75) is 45.2 Å². The lowest BCUT2D eigenvalue weighted by Crippen LogP contribution is -2.29. The number of aryl methyl sites for hydroxylation is 3. The Morgan fingerprint density at radius 2 is 1.66 bits per heavy atom. The summed E-state index contributed by atoms with van der Waals surface area (Å²) in [5.74, 6) is -2.86. The number of carbonyl (C=O) groups is 2. The van der Waals surface area contributed by atoms with Gasteiger partial charge in [-0.05, 0) is 68.0 Å². The topological polar surface area (TPSA) is 64.6 Å². The first-order valence-electron chi connectivity index (χ1n) is 10.5. The van der Waals surface area contributed by atoms with Crippen molar-refractivity contribution in [1.29, 1.82) is 0 Å². The van der Waals surface area contributed by atoms with Crippen LogP contribution in [0.1, 0.15) is 36.0 Å². The molecule has 0 bridgehead atoms. The van der Waals surface area contributed by atoms with Crippen LogP contribution in [0.25, 0.3) is 0 Å². The van der Waals surface area contributed by atoms with Crippen LogP contribution in [0.15, 0.2) is 48.5 Å². The maximum Gasteiger partial charge on any atom is 0.491 e. The Balaban J connectivity index is 1.55. The van der Waals surface area contributed by atoms with Gasteiger partial charge in [0.15, 0.2) is 0 Å². The fraction of sp³-hybridized carbons (Fsp3) is 0.417. The van der Waals surface area contributed by atoms with Crippen molar-refractivity contribution in [3.05, 3.63) is 65.2 Å². The highest BCUT2D eigenvalue weighted by molar-refractivity contribution is 5.88. The Bertz CT molecular complexity index is 866. The molecule has 32 heavy (non-hydrogen) atoms. The van der Waals surface area contributed by atoms with E-state index in [9.17, 15) is 22.8 Å². The van der Waals surface area contributed by atoms with Crippen LogP contribution in [-0.4, -0.2) is 37.8 Å². The van der Waals surface area contributed by atoms with Crippen LogP contribution in [0, 0.1) is 6.92 Å². The number of esters is 2. The van der Waals surface area contributed by atoms with Gasteiger partial charge in [0.25, 0.3) is 0 Å². The largest absolute Gasteiger partial charge is 0.494 e. The molecular weight excluding hydrogens is 423 g/mol. The molecule has 0 spiro atoms. The van der Waals surface area contributed by atoms with Gasteiger partial charge in [-0.3, -0.25) is 4.79 Å². The van der Waals surface area contributed by atoms with E-state index >= 15 is 0 Å². The van der Waals surface area contributed by atoms with Crippen molar-refractivity contribution >= 4 is 11.9 Å². The normalized spacial score (nSPS) is 11.2. The molecule has 0 unspecified atom stereocenters. The Labute approximate surface area is 185 Å². The number of ether oxygens (including phenoxy) is 2. The van der Waals surface area contributed by atoms with Crippen molar-refractivity contribution in [3.63, 3.8) is 0 Å². The van der Waals surface area contributed by atoms with Gasteiger partial charge in [-0.1, -0.05) is 36.4 Å². The first-order chi connectivity index (χ1) is 15.3. The van der Waals surface area contributed by atoms with Crippen LogP contribution in [0.5, 0.6) is 5.75 Å². The smallest absolute Gasteiger partial charge is 0.491 e. The minimum atomic E-state index is -5.16. The van der Waals surface area contributed by atoms with Crippen molar-refractivity contribution in [2.24, 2.45) is 0 Å². The molecule has 0 atom stereocenters. The fourth-order valence-corrected chi connectivity index (χ4v) is 3.04. The molecule has 0 aliphatic rings. The second-order valence-electron chi connectivity index (χ2n) is 7.39. The minimum absolute atomic E-state index is 0.138. The van der Waals surface area contributed by atoms with Gasteiger partial charge in [-0.15, -0.1) is 0 Å². The van der Waals surface area contributed by atoms with E-state index in [2.05, 4.69) is 29.1 Å². The zero-order valence-electron chi connectivity index (χ0n) is 18.0. The molecule has 0 aromatic heterocycles. The predicted octanol–water partition coefficient (Wildman–Crippen LogP) is 4.55. The van der Waals surface area contributed by atoms with E-state index in [-0.39, 0.29) is 13.0 Å². The first kappa shape index (κ1) is 25.4. The second kappa shape index (κ2) is 12.9. The average Bonchev–Trinajstić information content (AvgIpc) is 2.75. The Kier molecular flexibility index (Phi) is 10.2. The summed E-state index contributed by atoms with van der Waals surface area (Å²) < 4.78 is 45.5.